The summed E-state index contributed by atoms with van der Waals surface area (Å²) in [7, 11) is -3.53. The number of hydrogen-bond acceptors (Lipinski definition) is 3. The Morgan fingerprint density at radius 3 is 2.52 bits per heavy atom. The van der Waals surface area contributed by atoms with Gasteiger partial charge in [-0.2, -0.15) is 4.31 Å². The number of halogens is 1. The van der Waals surface area contributed by atoms with Gasteiger partial charge < -0.3 is 10.6 Å². The predicted octanol–water partition coefficient (Wildman–Crippen LogP) is -0.897. The fraction of sp³-hybridized carbons (Fsp3) is 0.462. The average Bonchev–Trinajstić information content (AvgIpc) is 2.46. The zero-order valence-electron chi connectivity index (χ0n) is 11.8. The van der Waals surface area contributed by atoms with Gasteiger partial charge in [0.25, 0.3) is 5.91 Å². The van der Waals surface area contributed by atoms with E-state index in [1.165, 1.54) is 16.4 Å². The van der Waals surface area contributed by atoms with Crippen LogP contribution >= 0.6 is 11.6 Å². The third-order valence-corrected chi connectivity index (χ3v) is 5.97. The van der Waals surface area contributed by atoms with Crippen LogP contribution in [0.5, 0.6) is 0 Å². The second-order valence-electron chi connectivity index (χ2n) is 5.14. The first-order valence-corrected chi connectivity index (χ1v) is 8.54. The Labute approximate surface area is 129 Å². The van der Waals surface area contributed by atoms with Gasteiger partial charge in [-0.25, -0.2) is 8.42 Å². The molecule has 1 heterocycles. The summed E-state index contributed by atoms with van der Waals surface area (Å²) in [5.41, 5.74) is 5.29. The molecule has 1 aliphatic rings. The monoisotopic (exact) mass is 332 g/mol. The van der Waals surface area contributed by atoms with Gasteiger partial charge in [0.1, 0.15) is 0 Å². The molecule has 1 aromatic carbocycles. The lowest BCUT2D eigenvalue weighted by molar-refractivity contribution is -0.917. The maximum absolute atomic E-state index is 12.5. The molecule has 21 heavy (non-hydrogen) atoms. The van der Waals surface area contributed by atoms with Gasteiger partial charge >= 0.3 is 0 Å². The summed E-state index contributed by atoms with van der Waals surface area (Å²) in [6.07, 6.45) is 0. The molecule has 2 rings (SSSR count). The lowest BCUT2D eigenvalue weighted by atomic mass is 10.2. The van der Waals surface area contributed by atoms with E-state index in [4.69, 9.17) is 17.3 Å². The van der Waals surface area contributed by atoms with Crippen LogP contribution in [0.15, 0.2) is 29.2 Å². The zero-order chi connectivity index (χ0) is 15.6. The smallest absolute Gasteiger partial charge is 0.275 e. The van der Waals surface area contributed by atoms with Gasteiger partial charge in [-0.3, -0.25) is 4.79 Å². The maximum atomic E-state index is 12.5. The number of nitrogens with one attached hydrogen (secondary N) is 1. The number of nitrogens with two attached hydrogens (primary N) is 1. The number of rotatable bonds is 4. The minimum Gasteiger partial charge on any atom is -0.365 e. The number of benzene rings is 1. The molecule has 3 N–H and O–H groups in total. The molecule has 8 heteroatoms. The number of quaternary nitrogens is 1. The van der Waals surface area contributed by atoms with Crippen LogP contribution in [0.1, 0.15) is 6.92 Å². The fourth-order valence-corrected chi connectivity index (χ4v) is 4.17. The molecule has 1 fully saturated rings. The quantitative estimate of drug-likeness (QED) is 0.749. The molecule has 0 bridgehead atoms. The molecule has 0 aromatic heterocycles. The Kier molecular flexibility index (Phi) is 4.88. The number of primary amides is 1. The van der Waals surface area contributed by atoms with E-state index in [1.807, 2.05) is 0 Å². The molecule has 1 amide bonds. The van der Waals surface area contributed by atoms with E-state index in [9.17, 15) is 13.2 Å². The minimum absolute atomic E-state index is 0.196. The van der Waals surface area contributed by atoms with Crippen molar-refractivity contribution in [2.24, 2.45) is 5.73 Å². The molecule has 1 aromatic rings. The molecule has 116 valence electrons. The summed E-state index contributed by atoms with van der Waals surface area (Å²) in [5.74, 6) is -0.365. The van der Waals surface area contributed by atoms with Gasteiger partial charge in [0.05, 0.1) is 31.1 Å². The summed E-state index contributed by atoms with van der Waals surface area (Å²) < 4.78 is 26.5. The first kappa shape index (κ1) is 16.2. The molecule has 0 spiro atoms. The van der Waals surface area contributed by atoms with Crippen LogP contribution in [0.4, 0.5) is 0 Å². The van der Waals surface area contributed by atoms with E-state index < -0.39 is 10.0 Å². The van der Waals surface area contributed by atoms with Crippen LogP contribution in [0.3, 0.4) is 0 Å². The highest BCUT2D eigenvalue weighted by molar-refractivity contribution is 7.89. The van der Waals surface area contributed by atoms with Gasteiger partial charge in [0.2, 0.25) is 10.0 Å². The van der Waals surface area contributed by atoms with E-state index in [2.05, 4.69) is 0 Å². The van der Waals surface area contributed by atoms with E-state index >= 15 is 0 Å². The third kappa shape index (κ3) is 3.55. The predicted molar refractivity (Wildman–Crippen MR) is 79.6 cm³/mol. The molecule has 1 saturated heterocycles. The fourth-order valence-electron chi connectivity index (χ4n) is 2.42. The van der Waals surface area contributed by atoms with Crippen molar-refractivity contribution in [2.45, 2.75) is 17.9 Å². The van der Waals surface area contributed by atoms with Crippen molar-refractivity contribution in [3.8, 4) is 0 Å². The standard InChI is InChI=1S/C13H18ClN3O3S/c1-10(13(15)18)16-5-7-17(8-6-16)21(19,20)12-4-2-3-11(14)9-12/h2-4,9-10H,5-8H2,1H3,(H2,15,18)/p+1/t10-/m1/s1. The first-order chi connectivity index (χ1) is 9.82. The van der Waals surface area contributed by atoms with Crippen LogP contribution in [0.25, 0.3) is 0 Å². The average molecular weight is 333 g/mol. The first-order valence-electron chi connectivity index (χ1n) is 6.72. The SMILES string of the molecule is C[C@H](C(N)=O)[NH+]1CCN(S(=O)(=O)c2cccc(Cl)c2)CC1. The van der Waals surface area contributed by atoms with Crippen molar-refractivity contribution in [3.05, 3.63) is 29.3 Å². The molecule has 0 radical (unpaired) electrons. The molecule has 0 aliphatic carbocycles. The highest BCUT2D eigenvalue weighted by atomic mass is 35.5. The van der Waals surface area contributed by atoms with E-state index in [0.717, 1.165) is 4.90 Å². The Morgan fingerprint density at radius 2 is 2.00 bits per heavy atom. The summed E-state index contributed by atoms with van der Waals surface area (Å²) in [5, 5.41) is 0.391. The Morgan fingerprint density at radius 1 is 1.38 bits per heavy atom. The molecule has 6 nitrogen and oxygen atoms in total. The summed E-state index contributed by atoms with van der Waals surface area (Å²) in [6.45, 7) is 3.61. The highest BCUT2D eigenvalue weighted by Crippen LogP contribution is 2.19. The normalized spacial score (nSPS) is 19.3. The van der Waals surface area contributed by atoms with Gasteiger partial charge in [-0.15, -0.1) is 0 Å². The number of piperazine rings is 1. The summed E-state index contributed by atoms with van der Waals surface area (Å²) in [6, 6.07) is 5.93. The van der Waals surface area contributed by atoms with Gasteiger partial charge in [-0.1, -0.05) is 17.7 Å². The van der Waals surface area contributed by atoms with Gasteiger partial charge in [0, 0.05) is 5.02 Å². The van der Waals surface area contributed by atoms with Crippen LogP contribution in [0, 0.1) is 0 Å². The third-order valence-electron chi connectivity index (χ3n) is 3.84. The maximum Gasteiger partial charge on any atom is 0.275 e. The van der Waals surface area contributed by atoms with E-state index in [1.54, 1.807) is 19.1 Å². The Bertz CT molecular complexity index is 627. The van der Waals surface area contributed by atoms with E-state index in [-0.39, 0.29) is 16.8 Å². The Hall–Kier alpha value is -1.15. The zero-order valence-corrected chi connectivity index (χ0v) is 13.3. The van der Waals surface area contributed by atoms with Crippen molar-refractivity contribution in [1.82, 2.24) is 4.31 Å². The molecule has 1 atom stereocenters. The number of carbonyl (C=O) groups is 1. The molecular weight excluding hydrogens is 314 g/mol. The van der Waals surface area contributed by atoms with Crippen molar-refractivity contribution < 1.29 is 18.1 Å². The van der Waals surface area contributed by atoms with Crippen molar-refractivity contribution in [3.63, 3.8) is 0 Å². The molecule has 0 saturated carbocycles. The Balaban J connectivity index is 2.09. The lowest BCUT2D eigenvalue weighted by Gasteiger charge is -2.33. The second-order valence-corrected chi connectivity index (χ2v) is 7.52. The van der Waals surface area contributed by atoms with Crippen molar-refractivity contribution >= 4 is 27.5 Å². The van der Waals surface area contributed by atoms with Crippen LogP contribution in [-0.2, 0) is 14.8 Å². The number of hydrogen-bond donors (Lipinski definition) is 2. The van der Waals surface area contributed by atoms with Crippen LogP contribution in [-0.4, -0.2) is 50.9 Å². The van der Waals surface area contributed by atoms with Gasteiger partial charge in [-0.05, 0) is 25.1 Å². The van der Waals surface area contributed by atoms with Crippen LogP contribution < -0.4 is 10.6 Å². The molecule has 0 unspecified atom stereocenters. The van der Waals surface area contributed by atoms with Crippen molar-refractivity contribution in [2.75, 3.05) is 26.2 Å². The molecular formula is C13H19ClN3O3S+. The van der Waals surface area contributed by atoms with Gasteiger partial charge in [0.15, 0.2) is 6.04 Å². The lowest BCUT2D eigenvalue weighted by Crippen LogP contribution is -3.19. The molecule has 1 aliphatic heterocycles. The van der Waals surface area contributed by atoms with Crippen LogP contribution in [0.2, 0.25) is 5.02 Å². The number of nitrogens with zero attached hydrogens (tertiary/aromatic N) is 1. The van der Waals surface area contributed by atoms with E-state index in [0.29, 0.717) is 31.2 Å². The highest BCUT2D eigenvalue weighted by Gasteiger charge is 2.33. The largest absolute Gasteiger partial charge is 0.365 e. The topological polar surface area (TPSA) is 84.9 Å². The summed E-state index contributed by atoms with van der Waals surface area (Å²) in [4.78, 5) is 12.4. The minimum atomic E-state index is -3.53. The number of sulfonamides is 1. The van der Waals surface area contributed by atoms with Crippen molar-refractivity contribution in [1.29, 1.82) is 0 Å². The second kappa shape index (κ2) is 6.31. The summed E-state index contributed by atoms with van der Waals surface area (Å²) >= 11 is 5.85. The number of carbonyl (C=O) groups excluding carboxylic acids is 1. The number of amides is 1.